The molecule has 0 aliphatic carbocycles. The molecule has 0 saturated carbocycles. The van der Waals surface area contributed by atoms with Gasteiger partial charge in [-0.1, -0.05) is 32.0 Å². The number of amides is 1. The number of hydrogen-bond acceptors (Lipinski definition) is 4. The summed E-state index contributed by atoms with van der Waals surface area (Å²) < 4.78 is 10.7. The van der Waals surface area contributed by atoms with Crippen LogP contribution < -0.4 is 10.1 Å². The molecule has 0 spiro atoms. The molecule has 128 valence electrons. The Kier molecular flexibility index (Phi) is 8.16. The summed E-state index contributed by atoms with van der Waals surface area (Å²) in [5.74, 6) is 0.718. The van der Waals surface area contributed by atoms with Gasteiger partial charge >= 0.3 is 5.97 Å². The van der Waals surface area contributed by atoms with E-state index in [1.165, 1.54) is 0 Å². The van der Waals surface area contributed by atoms with Crippen LogP contribution in [0.3, 0.4) is 0 Å². The van der Waals surface area contributed by atoms with E-state index in [-0.39, 0.29) is 19.1 Å². The van der Waals surface area contributed by atoms with E-state index in [1.807, 2.05) is 32.0 Å². The lowest BCUT2D eigenvalue weighted by Gasteiger charge is -2.12. The number of hydrogen-bond donors (Lipinski definition) is 1. The van der Waals surface area contributed by atoms with E-state index < -0.39 is 5.97 Å². The minimum atomic E-state index is -0.451. The van der Waals surface area contributed by atoms with E-state index in [0.29, 0.717) is 18.9 Å². The van der Waals surface area contributed by atoms with Crippen LogP contribution in [0.25, 0.3) is 0 Å². The highest BCUT2D eigenvalue weighted by Crippen LogP contribution is 2.21. The molecule has 0 radical (unpaired) electrons. The number of carbonyl (C=O) groups excluding carboxylic acids is 2. The lowest BCUT2D eigenvalue weighted by atomic mass is 10.1. The van der Waals surface area contributed by atoms with Crippen LogP contribution in [0.2, 0.25) is 0 Å². The van der Waals surface area contributed by atoms with Gasteiger partial charge in [0.15, 0.2) is 0 Å². The van der Waals surface area contributed by atoms with Crippen LogP contribution in [0.5, 0.6) is 5.75 Å². The Morgan fingerprint density at radius 2 is 1.78 bits per heavy atom. The molecule has 1 aromatic rings. The van der Waals surface area contributed by atoms with Crippen LogP contribution in [0.4, 0.5) is 0 Å². The van der Waals surface area contributed by atoms with Gasteiger partial charge in [-0.2, -0.15) is 0 Å². The van der Waals surface area contributed by atoms with Gasteiger partial charge in [-0.15, -0.1) is 0 Å². The summed E-state index contributed by atoms with van der Waals surface area (Å²) in [6.45, 7) is 8.41. The number of esters is 1. The molecule has 0 aliphatic heterocycles. The number of para-hydroxylation sites is 1. The highest BCUT2D eigenvalue weighted by atomic mass is 16.6. The van der Waals surface area contributed by atoms with Crippen molar-refractivity contribution in [3.05, 3.63) is 29.3 Å². The molecule has 1 rings (SSSR count). The average Bonchev–Trinajstić information content (AvgIpc) is 2.49. The normalized spacial score (nSPS) is 10.5. The average molecular weight is 321 g/mol. The summed E-state index contributed by atoms with van der Waals surface area (Å²) in [6.07, 6.45) is 1.24. The van der Waals surface area contributed by atoms with Gasteiger partial charge in [0.05, 0.1) is 0 Å². The lowest BCUT2D eigenvalue weighted by Crippen LogP contribution is -2.31. The van der Waals surface area contributed by atoms with Crippen LogP contribution in [0.15, 0.2) is 18.2 Å². The number of benzene rings is 1. The maximum atomic E-state index is 11.5. The third-order valence-corrected chi connectivity index (χ3v) is 3.38. The van der Waals surface area contributed by atoms with Gasteiger partial charge in [0.25, 0.3) is 0 Å². The van der Waals surface area contributed by atoms with Gasteiger partial charge in [0.2, 0.25) is 5.91 Å². The van der Waals surface area contributed by atoms with Crippen molar-refractivity contribution in [3.8, 4) is 5.75 Å². The molecule has 0 bridgehead atoms. The van der Waals surface area contributed by atoms with E-state index >= 15 is 0 Å². The third-order valence-electron chi connectivity index (χ3n) is 3.38. The predicted molar refractivity (Wildman–Crippen MR) is 89.5 cm³/mol. The molecular weight excluding hydrogens is 294 g/mol. The number of carbonyl (C=O) groups is 2. The molecule has 0 aromatic heterocycles. The van der Waals surface area contributed by atoms with E-state index in [9.17, 15) is 9.59 Å². The third kappa shape index (κ3) is 7.68. The zero-order valence-electron chi connectivity index (χ0n) is 14.5. The summed E-state index contributed by atoms with van der Waals surface area (Å²) in [4.78, 5) is 23.0. The van der Waals surface area contributed by atoms with E-state index in [2.05, 4.69) is 19.2 Å². The molecule has 1 aromatic carbocycles. The summed E-state index contributed by atoms with van der Waals surface area (Å²) in [5.41, 5.74) is 2.10. The van der Waals surface area contributed by atoms with Crippen molar-refractivity contribution >= 4 is 11.9 Å². The first-order valence-electron chi connectivity index (χ1n) is 8.01. The van der Waals surface area contributed by atoms with E-state index in [1.54, 1.807) is 0 Å². The molecule has 0 saturated heterocycles. The topological polar surface area (TPSA) is 64.6 Å². The zero-order chi connectivity index (χ0) is 17.2. The second kappa shape index (κ2) is 9.87. The first kappa shape index (κ1) is 19.0. The minimum Gasteiger partial charge on any atom is -0.489 e. The Hall–Kier alpha value is -2.04. The van der Waals surface area contributed by atoms with E-state index in [4.69, 9.17) is 9.47 Å². The van der Waals surface area contributed by atoms with Gasteiger partial charge < -0.3 is 14.8 Å². The Morgan fingerprint density at radius 1 is 1.13 bits per heavy atom. The SMILES string of the molecule is Cc1cccc(C)c1OCCOC(=O)CNC(=O)CCC(C)C. The number of nitrogens with one attached hydrogen (secondary N) is 1. The second-order valence-corrected chi connectivity index (χ2v) is 6.00. The zero-order valence-corrected chi connectivity index (χ0v) is 14.5. The highest BCUT2D eigenvalue weighted by Gasteiger charge is 2.08. The summed E-state index contributed by atoms with van der Waals surface area (Å²) in [7, 11) is 0. The number of aryl methyl sites for hydroxylation is 2. The predicted octanol–water partition coefficient (Wildman–Crippen LogP) is 2.78. The molecule has 0 aliphatic rings. The van der Waals surface area contributed by atoms with Crippen LogP contribution >= 0.6 is 0 Å². The Labute approximate surface area is 138 Å². The summed E-state index contributed by atoms with van der Waals surface area (Å²) >= 11 is 0. The van der Waals surface area contributed by atoms with Crippen LogP contribution in [-0.4, -0.2) is 31.6 Å². The minimum absolute atomic E-state index is 0.0969. The highest BCUT2D eigenvalue weighted by molar-refractivity contribution is 5.81. The molecule has 0 heterocycles. The van der Waals surface area contributed by atoms with Gasteiger partial charge in [0.1, 0.15) is 25.5 Å². The number of rotatable bonds is 9. The largest absolute Gasteiger partial charge is 0.489 e. The van der Waals surface area contributed by atoms with Crippen molar-refractivity contribution < 1.29 is 19.1 Å². The second-order valence-electron chi connectivity index (χ2n) is 6.00. The van der Waals surface area contributed by atoms with Crippen LogP contribution in [0, 0.1) is 19.8 Å². The molecule has 5 nitrogen and oxygen atoms in total. The first-order valence-corrected chi connectivity index (χ1v) is 8.01. The maximum Gasteiger partial charge on any atom is 0.325 e. The lowest BCUT2D eigenvalue weighted by molar-refractivity contribution is -0.144. The van der Waals surface area contributed by atoms with Gasteiger partial charge in [-0.05, 0) is 37.3 Å². The fourth-order valence-corrected chi connectivity index (χ4v) is 2.06. The fraction of sp³-hybridized carbons (Fsp3) is 0.556. The Bertz CT molecular complexity index is 506. The van der Waals surface area contributed by atoms with Crippen molar-refractivity contribution in [1.29, 1.82) is 0 Å². The van der Waals surface area contributed by atoms with Crippen molar-refractivity contribution in [2.45, 2.75) is 40.5 Å². The smallest absolute Gasteiger partial charge is 0.325 e. The number of ether oxygens (including phenoxy) is 2. The molecule has 0 atom stereocenters. The van der Waals surface area contributed by atoms with Crippen LogP contribution in [0.1, 0.15) is 37.8 Å². The fourth-order valence-electron chi connectivity index (χ4n) is 2.06. The van der Waals surface area contributed by atoms with Crippen molar-refractivity contribution in [2.75, 3.05) is 19.8 Å². The van der Waals surface area contributed by atoms with Gasteiger partial charge in [-0.3, -0.25) is 9.59 Å². The molecular formula is C18H27NO4. The van der Waals surface area contributed by atoms with Gasteiger partial charge in [0, 0.05) is 6.42 Å². The monoisotopic (exact) mass is 321 g/mol. The maximum absolute atomic E-state index is 11.5. The first-order chi connectivity index (χ1) is 10.9. The van der Waals surface area contributed by atoms with Crippen LogP contribution in [-0.2, 0) is 14.3 Å². The Morgan fingerprint density at radius 3 is 2.39 bits per heavy atom. The van der Waals surface area contributed by atoms with Crippen molar-refractivity contribution in [3.63, 3.8) is 0 Å². The van der Waals surface area contributed by atoms with E-state index in [0.717, 1.165) is 23.3 Å². The molecule has 1 N–H and O–H groups in total. The summed E-state index contributed by atoms with van der Waals surface area (Å²) in [5, 5.41) is 2.56. The molecule has 23 heavy (non-hydrogen) atoms. The summed E-state index contributed by atoms with van der Waals surface area (Å²) in [6, 6.07) is 5.92. The van der Waals surface area contributed by atoms with Gasteiger partial charge in [-0.25, -0.2) is 0 Å². The molecule has 0 fully saturated rings. The van der Waals surface area contributed by atoms with Crippen molar-refractivity contribution in [1.82, 2.24) is 5.32 Å². The van der Waals surface area contributed by atoms with Crippen molar-refractivity contribution in [2.24, 2.45) is 5.92 Å². The molecule has 1 amide bonds. The quantitative estimate of drug-likeness (QED) is 0.561. The molecule has 0 unspecified atom stereocenters. The Balaban J connectivity index is 2.18. The standard InChI is InChI=1S/C18H27NO4/c1-13(2)8-9-16(20)19-12-17(21)22-10-11-23-18-14(3)6-5-7-15(18)4/h5-7,13H,8-12H2,1-4H3,(H,19,20). The molecule has 5 heteroatoms.